The third kappa shape index (κ3) is 2.02. The molecule has 0 saturated carbocycles. The number of hydrogen-bond acceptors (Lipinski definition) is 4. The lowest BCUT2D eigenvalue weighted by Crippen LogP contribution is -2.25. The number of hydrogen-bond donors (Lipinski definition) is 0. The molecule has 0 N–H and O–H groups in total. The first-order valence-electron chi connectivity index (χ1n) is 5.48. The largest absolute Gasteiger partial charge is 0.144 e. The molecule has 3 rings (SSSR count). The van der Waals surface area contributed by atoms with Gasteiger partial charge >= 0.3 is 0 Å². The van der Waals surface area contributed by atoms with Gasteiger partial charge in [0, 0.05) is 23.0 Å². The van der Waals surface area contributed by atoms with Crippen LogP contribution >= 0.6 is 47.0 Å². The van der Waals surface area contributed by atoms with E-state index < -0.39 is 0 Å². The summed E-state index contributed by atoms with van der Waals surface area (Å²) in [4.78, 5) is 0. The molecule has 2 saturated heterocycles. The maximum absolute atomic E-state index is 2.31. The Labute approximate surface area is 114 Å². The van der Waals surface area contributed by atoms with E-state index in [4.69, 9.17) is 0 Å². The van der Waals surface area contributed by atoms with Crippen molar-refractivity contribution in [2.24, 2.45) is 0 Å². The van der Waals surface area contributed by atoms with E-state index in [9.17, 15) is 0 Å². The second kappa shape index (κ2) is 5.09. The zero-order valence-electron chi connectivity index (χ0n) is 8.93. The Morgan fingerprint density at radius 3 is 2.12 bits per heavy atom. The molecule has 86 valence electrons. The van der Waals surface area contributed by atoms with Crippen molar-refractivity contribution in [3.8, 4) is 0 Å². The van der Waals surface area contributed by atoms with Crippen molar-refractivity contribution in [3.05, 3.63) is 35.9 Å². The van der Waals surface area contributed by atoms with E-state index in [0.717, 1.165) is 4.58 Å². The molecule has 1 aromatic rings. The fourth-order valence-electron chi connectivity index (χ4n) is 2.12. The molecule has 0 aliphatic carbocycles. The van der Waals surface area contributed by atoms with Gasteiger partial charge in [0.2, 0.25) is 0 Å². The van der Waals surface area contributed by atoms with Crippen LogP contribution in [0.3, 0.4) is 0 Å². The molecule has 2 fully saturated rings. The van der Waals surface area contributed by atoms with Crippen LogP contribution in [0.25, 0.3) is 0 Å². The van der Waals surface area contributed by atoms with E-state index in [-0.39, 0.29) is 0 Å². The number of rotatable bonds is 2. The summed E-state index contributed by atoms with van der Waals surface area (Å²) >= 11 is 8.63. The quantitative estimate of drug-likeness (QED) is 0.801. The highest BCUT2D eigenvalue weighted by Gasteiger charge is 2.46. The van der Waals surface area contributed by atoms with Crippen molar-refractivity contribution in [3.63, 3.8) is 0 Å². The highest BCUT2D eigenvalue weighted by atomic mass is 32.2. The minimum absolute atomic E-state index is 0.326. The first-order valence-corrected chi connectivity index (χ1v) is 9.55. The zero-order valence-corrected chi connectivity index (χ0v) is 12.2. The van der Waals surface area contributed by atoms with Crippen LogP contribution in [0.4, 0.5) is 0 Å². The molecule has 2 aliphatic heterocycles. The van der Waals surface area contributed by atoms with Crippen LogP contribution in [0.5, 0.6) is 0 Å². The van der Waals surface area contributed by atoms with Crippen LogP contribution < -0.4 is 0 Å². The van der Waals surface area contributed by atoms with Crippen molar-refractivity contribution in [1.29, 1.82) is 0 Å². The average molecular weight is 287 g/mol. The molecule has 0 amide bonds. The summed E-state index contributed by atoms with van der Waals surface area (Å²) in [7, 11) is 0. The van der Waals surface area contributed by atoms with E-state index in [1.54, 1.807) is 0 Å². The Kier molecular flexibility index (Phi) is 3.72. The van der Waals surface area contributed by atoms with Gasteiger partial charge in [0.1, 0.15) is 4.08 Å². The van der Waals surface area contributed by atoms with E-state index in [1.807, 2.05) is 0 Å². The fourth-order valence-corrected chi connectivity index (χ4v) is 9.60. The van der Waals surface area contributed by atoms with Gasteiger partial charge in [0.25, 0.3) is 0 Å². The number of benzene rings is 1. The minimum Gasteiger partial charge on any atom is -0.144 e. The first kappa shape index (κ1) is 11.7. The lowest BCUT2D eigenvalue weighted by molar-refractivity contribution is 1.00. The van der Waals surface area contributed by atoms with Gasteiger partial charge in [-0.05, 0) is 5.56 Å². The van der Waals surface area contributed by atoms with Gasteiger partial charge in [-0.3, -0.25) is 0 Å². The molecule has 2 aliphatic rings. The van der Waals surface area contributed by atoms with Gasteiger partial charge in [-0.1, -0.05) is 30.3 Å². The highest BCUT2D eigenvalue weighted by molar-refractivity contribution is 8.26. The lowest BCUT2D eigenvalue weighted by Gasteiger charge is -2.32. The second-order valence-electron chi connectivity index (χ2n) is 3.80. The summed E-state index contributed by atoms with van der Waals surface area (Å²) in [6.45, 7) is 0. The molecule has 0 bridgehead atoms. The molecule has 0 aromatic heterocycles. The van der Waals surface area contributed by atoms with Gasteiger partial charge in [0.15, 0.2) is 0 Å². The lowest BCUT2D eigenvalue weighted by atomic mass is 10.1. The molecule has 0 atom stereocenters. The molecule has 0 spiro atoms. The third-order valence-electron chi connectivity index (χ3n) is 2.82. The molecule has 1 aromatic carbocycles. The molecular formula is C12H14S4. The normalized spacial score (nSPS) is 25.0. The van der Waals surface area contributed by atoms with Crippen molar-refractivity contribution in [2.45, 2.75) is 8.66 Å². The Hall–Kier alpha value is 0.620. The number of thioether (sulfide) groups is 4. The summed E-state index contributed by atoms with van der Waals surface area (Å²) in [6.07, 6.45) is 0. The van der Waals surface area contributed by atoms with Gasteiger partial charge in [-0.15, -0.1) is 47.0 Å². The van der Waals surface area contributed by atoms with Crippen LogP contribution in [0, 0.1) is 0 Å². The molecule has 0 radical (unpaired) electrons. The van der Waals surface area contributed by atoms with Crippen LogP contribution in [0.1, 0.15) is 5.56 Å². The van der Waals surface area contributed by atoms with Gasteiger partial charge in [-0.25, -0.2) is 0 Å². The Bertz CT molecular complexity index is 339. The minimum atomic E-state index is 0.326. The van der Waals surface area contributed by atoms with Crippen LogP contribution in [0.15, 0.2) is 30.3 Å². The van der Waals surface area contributed by atoms with E-state index in [0.29, 0.717) is 4.08 Å². The van der Waals surface area contributed by atoms with Gasteiger partial charge in [0.05, 0.1) is 4.58 Å². The monoisotopic (exact) mass is 286 g/mol. The first-order chi connectivity index (χ1) is 7.92. The van der Waals surface area contributed by atoms with Gasteiger partial charge < -0.3 is 0 Å². The smallest absolute Gasteiger partial charge is 0.107 e. The van der Waals surface area contributed by atoms with E-state index in [2.05, 4.69) is 77.4 Å². The predicted octanol–water partition coefficient (Wildman–Crippen LogP) is 4.13. The summed E-state index contributed by atoms with van der Waals surface area (Å²) in [6, 6.07) is 11.1. The SMILES string of the molecule is c1ccc(C2(C3SCCS3)SCCS2)cc1. The molecule has 4 heteroatoms. The molecule has 2 heterocycles. The van der Waals surface area contributed by atoms with E-state index >= 15 is 0 Å². The maximum atomic E-state index is 2.31. The molecule has 0 nitrogen and oxygen atoms in total. The molecular weight excluding hydrogens is 272 g/mol. The topological polar surface area (TPSA) is 0 Å². The van der Waals surface area contributed by atoms with Gasteiger partial charge in [-0.2, -0.15) is 0 Å². The highest BCUT2D eigenvalue weighted by Crippen LogP contribution is 2.61. The third-order valence-corrected chi connectivity index (χ3v) is 10.3. The van der Waals surface area contributed by atoms with Crippen LogP contribution in [-0.2, 0) is 4.08 Å². The Morgan fingerprint density at radius 2 is 1.50 bits per heavy atom. The second-order valence-corrected chi connectivity index (χ2v) is 9.47. The maximum Gasteiger partial charge on any atom is 0.107 e. The van der Waals surface area contributed by atoms with E-state index in [1.165, 1.54) is 28.6 Å². The summed E-state index contributed by atoms with van der Waals surface area (Å²) in [5.41, 5.74) is 1.52. The standard InChI is InChI=1S/C12H14S4/c1-2-4-10(5-3-1)12(15-8-9-16-12)11-13-6-7-14-11/h1-5,11H,6-9H2. The van der Waals surface area contributed by atoms with Crippen LogP contribution in [0.2, 0.25) is 0 Å². The zero-order chi connectivity index (χ0) is 10.8. The van der Waals surface area contributed by atoms with Crippen molar-refractivity contribution in [2.75, 3.05) is 23.0 Å². The molecule has 16 heavy (non-hydrogen) atoms. The summed E-state index contributed by atoms with van der Waals surface area (Å²) < 4.78 is 1.07. The van der Waals surface area contributed by atoms with Crippen molar-refractivity contribution >= 4 is 47.0 Å². The Morgan fingerprint density at radius 1 is 0.875 bits per heavy atom. The van der Waals surface area contributed by atoms with Crippen molar-refractivity contribution < 1.29 is 0 Å². The molecule has 0 unspecified atom stereocenters. The average Bonchev–Trinajstić information content (AvgIpc) is 3.02. The summed E-state index contributed by atoms with van der Waals surface area (Å²) in [5, 5.41) is 0. The fraction of sp³-hybridized carbons (Fsp3) is 0.500. The van der Waals surface area contributed by atoms with Crippen molar-refractivity contribution in [1.82, 2.24) is 0 Å². The van der Waals surface area contributed by atoms with Crippen LogP contribution in [-0.4, -0.2) is 27.6 Å². The Balaban J connectivity index is 1.96. The predicted molar refractivity (Wildman–Crippen MR) is 81.7 cm³/mol. The summed E-state index contributed by atoms with van der Waals surface area (Å²) in [5.74, 6) is 5.25.